The van der Waals surface area contributed by atoms with Crippen LogP contribution in [-0.4, -0.2) is 50.9 Å². The third-order valence-corrected chi connectivity index (χ3v) is 6.79. The maximum Gasteiger partial charge on any atom is 0.352 e. The van der Waals surface area contributed by atoms with Crippen LogP contribution in [0.25, 0.3) is 0 Å². The zero-order chi connectivity index (χ0) is 22.8. The molecule has 2 aliphatic rings. The Morgan fingerprint density at radius 2 is 1.69 bits per heavy atom. The van der Waals surface area contributed by atoms with E-state index in [0.29, 0.717) is 22.5 Å². The maximum atomic E-state index is 13.2. The van der Waals surface area contributed by atoms with Gasteiger partial charge in [0, 0.05) is 11.3 Å². The molecular weight excluding hydrogens is 430 g/mol. The van der Waals surface area contributed by atoms with Gasteiger partial charge in [-0.05, 0) is 30.2 Å². The number of aliphatic carboxylic acids is 1. The van der Waals surface area contributed by atoms with Gasteiger partial charge in [-0.3, -0.25) is 19.3 Å². The van der Waals surface area contributed by atoms with Crippen LogP contribution < -0.4 is 10.6 Å². The summed E-state index contributed by atoms with van der Waals surface area (Å²) in [4.78, 5) is 51.4. The minimum absolute atomic E-state index is 0.0266. The highest BCUT2D eigenvalue weighted by Gasteiger charge is 2.54. The van der Waals surface area contributed by atoms with Gasteiger partial charge < -0.3 is 15.7 Å². The van der Waals surface area contributed by atoms with E-state index in [-0.39, 0.29) is 5.70 Å². The molecule has 3 N–H and O–H groups in total. The molecule has 8 nitrogen and oxygen atoms in total. The van der Waals surface area contributed by atoms with Crippen molar-refractivity contribution in [2.75, 3.05) is 5.75 Å². The average Bonchev–Trinajstić information content (AvgIpc) is 2.81. The molecule has 1 saturated heterocycles. The molecule has 9 heteroatoms. The van der Waals surface area contributed by atoms with Crippen molar-refractivity contribution < 1.29 is 24.3 Å². The van der Waals surface area contributed by atoms with Gasteiger partial charge in [0.1, 0.15) is 23.2 Å². The second-order valence-electron chi connectivity index (χ2n) is 7.51. The first kappa shape index (κ1) is 21.6. The van der Waals surface area contributed by atoms with Crippen LogP contribution in [0.3, 0.4) is 0 Å². The lowest BCUT2D eigenvalue weighted by Crippen LogP contribution is -2.71. The van der Waals surface area contributed by atoms with Crippen molar-refractivity contribution in [2.24, 2.45) is 0 Å². The molecule has 0 saturated carbocycles. The van der Waals surface area contributed by atoms with Crippen molar-refractivity contribution in [1.29, 1.82) is 0 Å². The number of fused-ring (bicyclic) bond motifs is 1. The van der Waals surface area contributed by atoms with E-state index < -0.39 is 41.1 Å². The van der Waals surface area contributed by atoms with Crippen LogP contribution in [0.15, 0.2) is 71.9 Å². The molecular formula is C23H21N3O5S. The number of nitrogens with zero attached hydrogens (tertiary/aromatic N) is 1. The molecule has 0 aliphatic carbocycles. The summed E-state index contributed by atoms with van der Waals surface area (Å²) in [7, 11) is 0. The summed E-state index contributed by atoms with van der Waals surface area (Å²) in [6.45, 7) is 1.68. The fourth-order valence-electron chi connectivity index (χ4n) is 3.76. The highest BCUT2D eigenvalue weighted by Crippen LogP contribution is 2.40. The summed E-state index contributed by atoms with van der Waals surface area (Å²) >= 11 is 1.40. The van der Waals surface area contributed by atoms with Gasteiger partial charge in [-0.1, -0.05) is 48.5 Å². The Balaban J connectivity index is 1.53. The quantitative estimate of drug-likeness (QED) is 0.578. The van der Waals surface area contributed by atoms with Crippen LogP contribution in [0, 0.1) is 0 Å². The predicted octanol–water partition coefficient (Wildman–Crippen LogP) is 1.92. The summed E-state index contributed by atoms with van der Waals surface area (Å²) in [6, 6.07) is 15.4. The number of carbonyl (C=O) groups is 4. The van der Waals surface area contributed by atoms with E-state index in [4.69, 9.17) is 0 Å². The molecule has 1 unspecified atom stereocenters. The van der Waals surface area contributed by atoms with Gasteiger partial charge in [0.05, 0.1) is 0 Å². The molecule has 1 fully saturated rings. The summed E-state index contributed by atoms with van der Waals surface area (Å²) in [5.41, 5.74) is 1.55. The minimum atomic E-state index is -1.16. The van der Waals surface area contributed by atoms with Crippen LogP contribution >= 0.6 is 11.8 Å². The number of nitrogens with one attached hydrogen (secondary N) is 2. The molecule has 3 amide bonds. The normalized spacial score (nSPS) is 20.7. The molecule has 0 bridgehead atoms. The van der Waals surface area contributed by atoms with Crippen molar-refractivity contribution in [1.82, 2.24) is 15.5 Å². The van der Waals surface area contributed by atoms with Crippen LogP contribution in [0.2, 0.25) is 0 Å². The fraction of sp³-hybridized carbons (Fsp3) is 0.217. The minimum Gasteiger partial charge on any atom is -0.477 e. The Bertz CT molecular complexity index is 1100. The van der Waals surface area contributed by atoms with Crippen molar-refractivity contribution in [3.8, 4) is 0 Å². The van der Waals surface area contributed by atoms with Gasteiger partial charge in [-0.25, -0.2) is 4.79 Å². The van der Waals surface area contributed by atoms with E-state index in [9.17, 15) is 24.3 Å². The first-order valence-corrected chi connectivity index (χ1v) is 11.0. The van der Waals surface area contributed by atoms with Crippen LogP contribution in [-0.2, 0) is 14.4 Å². The molecule has 0 spiro atoms. The highest BCUT2D eigenvalue weighted by atomic mass is 32.2. The lowest BCUT2D eigenvalue weighted by molar-refractivity contribution is -0.151. The lowest BCUT2D eigenvalue weighted by atomic mass is 10.0. The number of rotatable bonds is 6. The summed E-state index contributed by atoms with van der Waals surface area (Å²) in [5, 5.41) is 14.4. The first-order valence-electron chi connectivity index (χ1n) is 9.97. The third-order valence-electron chi connectivity index (χ3n) is 5.37. The monoisotopic (exact) mass is 451 g/mol. The number of benzene rings is 2. The molecule has 2 aromatic carbocycles. The maximum absolute atomic E-state index is 13.2. The average molecular weight is 452 g/mol. The Hall–Kier alpha value is -3.59. The number of hydrogen-bond donors (Lipinski definition) is 3. The molecule has 32 heavy (non-hydrogen) atoms. The molecule has 4 rings (SSSR count). The number of carboxylic acid groups (broad SMARTS) is 1. The second kappa shape index (κ2) is 8.88. The number of thioether (sulfide) groups is 1. The predicted molar refractivity (Wildman–Crippen MR) is 118 cm³/mol. The SMILES string of the molecule is CC1=C(C(=O)O)N2C(=O)[C@@H](NC(=O)C(NC(=O)c3ccccc3)c3ccccc3)[C@H]2SC1. The van der Waals surface area contributed by atoms with Gasteiger partial charge in [0.25, 0.3) is 11.8 Å². The standard InChI is InChI=1S/C23H21N3O5S/c1-13-12-32-22-17(21(29)26(22)18(13)23(30)31)25-20(28)16(14-8-4-2-5-9-14)24-19(27)15-10-6-3-7-11-15/h2-11,16-17,22H,12H2,1H3,(H,24,27)(H,25,28)(H,30,31)/t16?,17-,22-/m1/s1. The fourth-order valence-corrected chi connectivity index (χ4v) is 5.05. The molecule has 164 valence electrons. The van der Waals surface area contributed by atoms with Crippen LogP contribution in [0.5, 0.6) is 0 Å². The molecule has 2 aromatic rings. The number of hydrogen-bond acceptors (Lipinski definition) is 5. The molecule has 0 radical (unpaired) electrons. The van der Waals surface area contributed by atoms with Gasteiger partial charge in [0.15, 0.2) is 0 Å². The number of carboxylic acids is 1. The van der Waals surface area contributed by atoms with E-state index in [0.717, 1.165) is 0 Å². The van der Waals surface area contributed by atoms with Crippen LogP contribution in [0.1, 0.15) is 28.9 Å². The number of amides is 3. The number of β-lactam (4-membered cyclic amide) rings is 1. The summed E-state index contributed by atoms with van der Waals surface area (Å²) in [6.07, 6.45) is 0. The zero-order valence-corrected chi connectivity index (χ0v) is 18.0. The summed E-state index contributed by atoms with van der Waals surface area (Å²) in [5.74, 6) is -2.15. The first-order chi connectivity index (χ1) is 15.4. The molecule has 3 atom stereocenters. The van der Waals surface area contributed by atoms with Gasteiger partial charge in [-0.2, -0.15) is 0 Å². The van der Waals surface area contributed by atoms with E-state index in [1.54, 1.807) is 67.6 Å². The van der Waals surface area contributed by atoms with E-state index in [1.165, 1.54) is 16.7 Å². The molecule has 0 aromatic heterocycles. The Morgan fingerprint density at radius 3 is 2.31 bits per heavy atom. The highest BCUT2D eigenvalue weighted by molar-refractivity contribution is 8.00. The Kier molecular flexibility index (Phi) is 6.00. The van der Waals surface area contributed by atoms with E-state index in [1.807, 2.05) is 0 Å². The van der Waals surface area contributed by atoms with Crippen LogP contribution in [0.4, 0.5) is 0 Å². The van der Waals surface area contributed by atoms with E-state index >= 15 is 0 Å². The van der Waals surface area contributed by atoms with Crippen molar-refractivity contribution in [3.05, 3.63) is 83.1 Å². The topological polar surface area (TPSA) is 116 Å². The Morgan fingerprint density at radius 1 is 1.06 bits per heavy atom. The molecule has 2 heterocycles. The van der Waals surface area contributed by atoms with Gasteiger partial charge in [0.2, 0.25) is 5.91 Å². The van der Waals surface area contributed by atoms with Crippen molar-refractivity contribution in [3.63, 3.8) is 0 Å². The smallest absolute Gasteiger partial charge is 0.352 e. The molecule has 2 aliphatic heterocycles. The van der Waals surface area contributed by atoms with Gasteiger partial charge in [-0.15, -0.1) is 11.8 Å². The zero-order valence-electron chi connectivity index (χ0n) is 17.1. The lowest BCUT2D eigenvalue weighted by Gasteiger charge is -2.49. The van der Waals surface area contributed by atoms with Crippen molar-refractivity contribution in [2.45, 2.75) is 24.4 Å². The second-order valence-corrected chi connectivity index (χ2v) is 8.62. The van der Waals surface area contributed by atoms with Crippen molar-refractivity contribution >= 4 is 35.5 Å². The number of carbonyl (C=O) groups excluding carboxylic acids is 3. The Labute approximate surface area is 188 Å². The van der Waals surface area contributed by atoms with E-state index in [2.05, 4.69) is 10.6 Å². The third kappa shape index (κ3) is 3.99. The van der Waals surface area contributed by atoms with Gasteiger partial charge >= 0.3 is 5.97 Å². The summed E-state index contributed by atoms with van der Waals surface area (Å²) < 4.78 is 0. The largest absolute Gasteiger partial charge is 0.477 e.